The van der Waals surface area contributed by atoms with E-state index in [0.717, 1.165) is 0 Å². The summed E-state index contributed by atoms with van der Waals surface area (Å²) in [7, 11) is -5.92. The number of phosphoric acid groups is 1. The molecule has 0 radical (unpaired) electrons. The van der Waals surface area contributed by atoms with Crippen molar-refractivity contribution in [2.45, 2.75) is 337 Å². The van der Waals surface area contributed by atoms with Crippen molar-refractivity contribution in [2.75, 3.05) is 59.5 Å². The number of aliphatic hydroxyl groups excluding tert-OH is 30. The lowest BCUT2D eigenvalue weighted by molar-refractivity contribution is -0.418. The first kappa shape index (κ1) is 108. The highest BCUT2D eigenvalue weighted by Gasteiger charge is 2.66. The first-order valence-electron chi connectivity index (χ1n) is 40.0. The van der Waals surface area contributed by atoms with Crippen LogP contribution >= 0.6 is 7.82 Å². The van der Waals surface area contributed by atoms with Crippen LogP contribution in [0.1, 0.15) is 12.8 Å². The normalized spacial score (nSPS) is 48.9. The van der Waals surface area contributed by atoms with E-state index in [1.54, 1.807) is 0 Å². The van der Waals surface area contributed by atoms with Gasteiger partial charge in [0.25, 0.3) is 11.6 Å². The SMILES string of the molecule is N[C@@H]1[C@@H](O)[C@H](O)[C@@H](CO[C@@H]2O[C@H](CO[C@]3(C(=O)O)C[C@@H](O[C@]4(C(=O)O)C[C@@H](O)[C@@H](O)[C@@H]([C@H](O)CO)O4)[C@@H](O[C@H]4O[C@H]([C@@H](O)CO)[C@@H](O[C@@H]5O[C@H](CO)[C@@H](O)[C@H](O)[C@H]5O)[C@H](O[C@H]5O[C@H]([C@@H](O)CO[C@H]6O[C@H]([C@@H](O)CO)[C@@H](O)[C@H](O)[C@@H]6O)[C@@H](O)[C@H](O[C@H]6O[C@H](C(=O)O)[C@@H](O[C@H]7O[C@H](CO)[C@@H](O)[C@H](O)[C@H]7N)[C@H](O)[C@H]6O)[C@@H]5O)[C@@H]4O)[C@@H]([C@H](O)CO)O3)[C@@H](OP(=O)(O)O)[C@H](O)[C@H]2N)O[C@@H]1O. The molecule has 0 saturated carbocycles. The minimum Gasteiger partial charge on any atom is -0.479 e. The molecule has 10 aliphatic rings. The average Bonchev–Trinajstić information content (AvgIpc) is 0.738. The number of nitrogens with two attached hydrogens (primary N) is 3. The van der Waals surface area contributed by atoms with Gasteiger partial charge in [0.15, 0.2) is 56.4 Å². The zero-order valence-electron chi connectivity index (χ0n) is 67.4. The Hall–Kier alpha value is -3.56. The molecule has 756 valence electrons. The zero-order chi connectivity index (χ0) is 96.6. The predicted octanol–water partition coefficient (Wildman–Crippen LogP) is -24.9. The number of hydrogen-bond donors (Lipinski definition) is 38. The Labute approximate surface area is 729 Å². The number of hydrogen-bond acceptors (Lipinski definition) is 57. The smallest absolute Gasteiger partial charge is 0.470 e. The molecule has 10 aliphatic heterocycles. The molecular weight excluding hydrogens is 1820 g/mol. The second kappa shape index (κ2) is 45.1. The molecular formula is C67H114N3O59P. The molecule has 62 nitrogen and oxygen atoms in total. The molecule has 0 aromatic carbocycles. The minimum atomic E-state index is -5.92. The fraction of sp³-hybridized carbons (Fsp3) is 0.955. The first-order valence-corrected chi connectivity index (χ1v) is 41.6. The molecule has 53 atom stereocenters. The van der Waals surface area contributed by atoms with Crippen molar-refractivity contribution in [2.24, 2.45) is 17.2 Å². The zero-order valence-corrected chi connectivity index (χ0v) is 68.2. The Balaban J connectivity index is 1.08. The van der Waals surface area contributed by atoms with Crippen molar-refractivity contribution in [1.82, 2.24) is 0 Å². The van der Waals surface area contributed by atoms with Crippen molar-refractivity contribution in [3.63, 3.8) is 0 Å². The molecule has 63 heteroatoms. The van der Waals surface area contributed by atoms with E-state index < -0.39 is 422 Å². The number of carboxylic acid groups (broad SMARTS) is 3. The number of carboxylic acids is 3. The highest BCUT2D eigenvalue weighted by Crippen LogP contribution is 2.47. The van der Waals surface area contributed by atoms with E-state index >= 15 is 0 Å². The van der Waals surface area contributed by atoms with Gasteiger partial charge in [-0.05, 0) is 0 Å². The number of phosphoric ester groups is 1. The summed E-state index contributed by atoms with van der Waals surface area (Å²) in [4.78, 5) is 61.6. The summed E-state index contributed by atoms with van der Waals surface area (Å²) in [5.74, 6) is -14.6. The average molecular weight is 1940 g/mol. The largest absolute Gasteiger partial charge is 0.479 e. The lowest BCUT2D eigenvalue weighted by Gasteiger charge is -2.53. The molecule has 0 aromatic heterocycles. The molecule has 41 N–H and O–H groups in total. The van der Waals surface area contributed by atoms with Crippen LogP contribution in [-0.2, 0) is 113 Å². The maximum Gasteiger partial charge on any atom is 0.470 e. The molecule has 0 amide bonds. The van der Waals surface area contributed by atoms with Gasteiger partial charge in [-0.1, -0.05) is 0 Å². The third-order valence-corrected chi connectivity index (χ3v) is 24.0. The van der Waals surface area contributed by atoms with Crippen LogP contribution in [0, 0.1) is 0 Å². The Morgan fingerprint density at radius 2 is 0.808 bits per heavy atom. The maximum absolute atomic E-state index is 14.3. The van der Waals surface area contributed by atoms with Crippen molar-refractivity contribution in [3.8, 4) is 0 Å². The molecule has 10 heterocycles. The van der Waals surface area contributed by atoms with E-state index in [1.165, 1.54) is 0 Å². The van der Waals surface area contributed by atoms with Gasteiger partial charge in [-0.15, -0.1) is 0 Å². The molecule has 0 unspecified atom stereocenters. The number of aliphatic hydroxyl groups is 30. The van der Waals surface area contributed by atoms with Crippen molar-refractivity contribution < 1.29 is 292 Å². The second-order valence-electron chi connectivity index (χ2n) is 32.3. The van der Waals surface area contributed by atoms with Crippen LogP contribution in [0.25, 0.3) is 0 Å². The lowest BCUT2D eigenvalue weighted by Crippen LogP contribution is -2.71. The Morgan fingerprint density at radius 3 is 1.39 bits per heavy atom. The van der Waals surface area contributed by atoms with Crippen LogP contribution in [0.4, 0.5) is 0 Å². The molecule has 10 rings (SSSR count). The van der Waals surface area contributed by atoms with Gasteiger partial charge in [0, 0.05) is 12.8 Å². The summed E-state index contributed by atoms with van der Waals surface area (Å²) >= 11 is 0. The molecule has 0 aromatic rings. The molecule has 0 bridgehead atoms. The molecule has 10 saturated heterocycles. The fourth-order valence-corrected chi connectivity index (χ4v) is 16.7. The Kier molecular flexibility index (Phi) is 37.7. The highest BCUT2D eigenvalue weighted by atomic mass is 31.2. The van der Waals surface area contributed by atoms with E-state index in [1.807, 2.05) is 0 Å². The standard InChI is InChI=1S/C67H114N3O59P/c68-23-30(87)29(86)21(113-56(23)102)10-111-57-25(70)32(89)48(129-130(107,108)109)22(116-57)11-112-66(64(103)104)2-18(126-67(65(105)106)1-12(77)26(83)45(127-67)14(79)4-72)49(47(128-66)16(81)6-74)120-63-42(99)52(53(46(119-63)15(80)5-73)124-60-38(95)33(90)28(85)20(8-76)115-60)123-62-41(98)50(40(97)44(118-62)17(82)9-110-59-37(94)34(91)35(92)43(117-59)13(78)3-71)121-61-39(96)36(93)51(54(125-61)55(100)101)122-58-24(69)31(88)27(84)19(7-75)114-58/h12-54,56-63,71-99,102H,1-11,68-70H2,(H,100,101)(H,103,104)(H,105,106)(H2,107,108,109)/t12-,13+,14-,15+,16-,17+,18-,19-,20-,21-,22-,23-,24-,25-,26-,27-,28-,29-,30-,31-,32-,33+,34+,35+,36-,37+,38-,39-,40-,41+,42+,43-,44-,45-,46-,47-,48-,49-,50+,51+,52-,53-,54+,56+,57-,58-,59+,60+,61+,62-,63-,66-,67-/m1/s1. The maximum atomic E-state index is 14.3. The van der Waals surface area contributed by atoms with Crippen molar-refractivity contribution in [3.05, 3.63) is 0 Å². The summed E-state index contributed by atoms with van der Waals surface area (Å²) in [5, 5.41) is 367. The third kappa shape index (κ3) is 23.1. The van der Waals surface area contributed by atoms with Crippen molar-refractivity contribution >= 4 is 25.7 Å². The van der Waals surface area contributed by atoms with E-state index in [0.29, 0.717) is 0 Å². The van der Waals surface area contributed by atoms with Crippen LogP contribution in [-0.4, -0.2) is 580 Å². The Morgan fingerprint density at radius 1 is 0.362 bits per heavy atom. The summed E-state index contributed by atoms with van der Waals surface area (Å²) in [6.45, 7) is -12.3. The number of ether oxygens (including phenoxy) is 19. The van der Waals surface area contributed by atoms with E-state index in [2.05, 4.69) is 0 Å². The second-order valence-corrected chi connectivity index (χ2v) is 33.5. The van der Waals surface area contributed by atoms with Gasteiger partial charge in [-0.25, -0.2) is 18.9 Å². The van der Waals surface area contributed by atoms with Gasteiger partial charge in [0.2, 0.25) is 0 Å². The van der Waals surface area contributed by atoms with E-state index in [4.69, 9.17) is 112 Å². The minimum absolute atomic E-state index is 0.984. The number of carbonyl (C=O) groups is 3. The molecule has 10 fully saturated rings. The van der Waals surface area contributed by atoms with Gasteiger partial charge in [0.05, 0.1) is 89.8 Å². The van der Waals surface area contributed by atoms with Crippen LogP contribution in [0.15, 0.2) is 0 Å². The van der Waals surface area contributed by atoms with Crippen LogP contribution in [0.5, 0.6) is 0 Å². The van der Waals surface area contributed by atoms with Crippen molar-refractivity contribution in [1.29, 1.82) is 0 Å². The van der Waals surface area contributed by atoms with Gasteiger partial charge in [-0.2, -0.15) is 0 Å². The summed E-state index contributed by atoms with van der Waals surface area (Å²) in [5.41, 5.74) is 17.8. The van der Waals surface area contributed by atoms with E-state index in [9.17, 15) is 197 Å². The fourth-order valence-electron chi connectivity index (χ4n) is 16.1. The van der Waals surface area contributed by atoms with Gasteiger partial charge in [0.1, 0.15) is 226 Å². The van der Waals surface area contributed by atoms with E-state index in [-0.39, 0.29) is 0 Å². The number of aliphatic carboxylic acids is 3. The molecule has 130 heavy (non-hydrogen) atoms. The Bertz CT molecular complexity index is 3620. The quantitative estimate of drug-likeness (QED) is 0.0257. The monoisotopic (exact) mass is 1940 g/mol. The molecule has 0 spiro atoms. The van der Waals surface area contributed by atoms with Crippen LogP contribution in [0.2, 0.25) is 0 Å². The topological polar surface area (TPSA) is 1040 Å². The third-order valence-electron chi connectivity index (χ3n) is 23.5. The highest BCUT2D eigenvalue weighted by molar-refractivity contribution is 7.46. The van der Waals surface area contributed by atoms with Gasteiger partial charge >= 0.3 is 25.7 Å². The van der Waals surface area contributed by atoms with Crippen LogP contribution in [0.3, 0.4) is 0 Å². The number of rotatable bonds is 37. The van der Waals surface area contributed by atoms with Gasteiger partial charge in [-0.3, -0.25) is 4.52 Å². The summed E-state index contributed by atoms with van der Waals surface area (Å²) in [6.07, 6.45) is -122. The summed E-state index contributed by atoms with van der Waals surface area (Å²) in [6, 6.07) is -5.48. The first-order chi connectivity index (χ1) is 60.9. The lowest BCUT2D eigenvalue weighted by atomic mass is 9.89. The predicted molar refractivity (Wildman–Crippen MR) is 387 cm³/mol. The summed E-state index contributed by atoms with van der Waals surface area (Å²) < 4.78 is 127. The molecule has 0 aliphatic carbocycles. The van der Waals surface area contributed by atoms with Gasteiger partial charge < -0.3 is 286 Å². The van der Waals surface area contributed by atoms with Crippen LogP contribution < -0.4 is 17.2 Å².